The van der Waals surface area contributed by atoms with Crippen molar-refractivity contribution >= 4 is 80.6 Å². The first-order valence-corrected chi connectivity index (χ1v) is 13.8. The van der Waals surface area contributed by atoms with Gasteiger partial charge < -0.3 is 0 Å². The lowest BCUT2D eigenvalue weighted by atomic mass is 10.1. The number of hydrogen-bond donors (Lipinski definition) is 0. The molecular formula is C28H18F2N2O2S4. The molecule has 2 heterocycles. The van der Waals surface area contributed by atoms with Crippen molar-refractivity contribution < 1.29 is 18.4 Å². The molecule has 2 saturated heterocycles. The highest BCUT2D eigenvalue weighted by Crippen LogP contribution is 2.35. The highest BCUT2D eigenvalue weighted by molar-refractivity contribution is 8.27. The molecule has 2 aliphatic heterocycles. The molecule has 2 aliphatic rings. The van der Waals surface area contributed by atoms with Crippen LogP contribution in [0.5, 0.6) is 0 Å². The molecule has 3 aromatic rings. The number of carbonyl (C=O) groups is 2. The molecule has 0 spiro atoms. The van der Waals surface area contributed by atoms with Gasteiger partial charge in [-0.25, -0.2) is 8.78 Å². The average molecular weight is 581 g/mol. The number of benzene rings is 3. The van der Waals surface area contributed by atoms with Crippen molar-refractivity contribution in [1.29, 1.82) is 0 Å². The molecule has 0 N–H and O–H groups in total. The first-order chi connectivity index (χ1) is 18.3. The molecule has 2 fully saturated rings. The van der Waals surface area contributed by atoms with Crippen LogP contribution < -0.4 is 0 Å². The monoisotopic (exact) mass is 580 g/mol. The number of nitrogens with zero attached hydrogens (tertiary/aromatic N) is 2. The van der Waals surface area contributed by atoms with Crippen molar-refractivity contribution in [1.82, 2.24) is 9.80 Å². The number of thioether (sulfide) groups is 2. The first-order valence-electron chi connectivity index (χ1n) is 11.4. The van der Waals surface area contributed by atoms with Gasteiger partial charge in [0.25, 0.3) is 11.8 Å². The van der Waals surface area contributed by atoms with Crippen LogP contribution in [0.2, 0.25) is 0 Å². The van der Waals surface area contributed by atoms with Gasteiger partial charge in [-0.2, -0.15) is 0 Å². The van der Waals surface area contributed by atoms with E-state index in [-0.39, 0.29) is 23.4 Å². The summed E-state index contributed by atoms with van der Waals surface area (Å²) in [5, 5.41) is 0. The topological polar surface area (TPSA) is 40.6 Å². The Morgan fingerprint density at radius 2 is 0.947 bits per heavy atom. The van der Waals surface area contributed by atoms with Crippen LogP contribution in [0.25, 0.3) is 12.2 Å². The van der Waals surface area contributed by atoms with E-state index in [1.807, 2.05) is 24.3 Å². The lowest BCUT2D eigenvalue weighted by Gasteiger charge is -2.17. The standard InChI is InChI=1S/C28H18F2N2O2S4/c29-21-9-5-17(6-10-21)13-23-25(33)31(27(35)37-23)15-19-1-2-20(4-3-19)16-32-26(34)24(38-28(32)36)14-18-7-11-22(30)12-8-18/h1-14H,15-16H2/b23-13-,24-14-. The second kappa shape index (κ2) is 11.3. The second-order valence-electron chi connectivity index (χ2n) is 8.46. The van der Waals surface area contributed by atoms with Gasteiger partial charge in [0.05, 0.1) is 22.9 Å². The van der Waals surface area contributed by atoms with Crippen molar-refractivity contribution in [2.75, 3.05) is 0 Å². The third-order valence-corrected chi connectivity index (χ3v) is 8.54. The van der Waals surface area contributed by atoms with Gasteiger partial charge in [0, 0.05) is 0 Å². The lowest BCUT2D eigenvalue weighted by molar-refractivity contribution is -0.123. The largest absolute Gasteiger partial charge is 0.288 e. The van der Waals surface area contributed by atoms with Crippen molar-refractivity contribution in [3.8, 4) is 0 Å². The second-order valence-corrected chi connectivity index (χ2v) is 11.8. The molecule has 190 valence electrons. The maximum atomic E-state index is 13.2. The van der Waals surface area contributed by atoms with Crippen LogP contribution >= 0.6 is 48.0 Å². The van der Waals surface area contributed by atoms with Crippen LogP contribution in [0, 0.1) is 11.6 Å². The molecule has 0 saturated carbocycles. The van der Waals surface area contributed by atoms with E-state index in [2.05, 4.69) is 0 Å². The maximum absolute atomic E-state index is 13.2. The Bertz CT molecular complexity index is 1390. The Kier molecular flexibility index (Phi) is 7.85. The summed E-state index contributed by atoms with van der Waals surface area (Å²) in [6.45, 7) is 0.625. The molecule has 4 nitrogen and oxygen atoms in total. The van der Waals surface area contributed by atoms with E-state index in [9.17, 15) is 18.4 Å². The summed E-state index contributed by atoms with van der Waals surface area (Å²) in [4.78, 5) is 29.9. The minimum Gasteiger partial charge on any atom is -0.288 e. The number of thiocarbonyl (C=S) groups is 2. The molecule has 2 amide bonds. The van der Waals surface area contributed by atoms with E-state index in [1.165, 1.54) is 57.6 Å². The van der Waals surface area contributed by atoms with E-state index < -0.39 is 0 Å². The van der Waals surface area contributed by atoms with E-state index in [1.54, 1.807) is 36.4 Å². The van der Waals surface area contributed by atoms with Gasteiger partial charge in [-0.15, -0.1) is 0 Å². The zero-order chi connectivity index (χ0) is 26.8. The normalized spacial score (nSPS) is 17.9. The Hall–Kier alpha value is -3.18. The van der Waals surface area contributed by atoms with Crippen LogP contribution in [0.4, 0.5) is 8.78 Å². The summed E-state index contributed by atoms with van der Waals surface area (Å²) in [5.74, 6) is -1.07. The van der Waals surface area contributed by atoms with Crippen LogP contribution in [0.15, 0.2) is 82.6 Å². The van der Waals surface area contributed by atoms with Gasteiger partial charge >= 0.3 is 0 Å². The van der Waals surface area contributed by atoms with Gasteiger partial charge in [-0.05, 0) is 58.7 Å². The molecule has 0 radical (unpaired) electrons. The fourth-order valence-electron chi connectivity index (χ4n) is 3.81. The fourth-order valence-corrected chi connectivity index (χ4v) is 6.32. The smallest absolute Gasteiger partial charge is 0.266 e. The fraction of sp³-hybridized carbons (Fsp3) is 0.0714. The van der Waals surface area contributed by atoms with E-state index >= 15 is 0 Å². The summed E-state index contributed by atoms with van der Waals surface area (Å²) in [6, 6.07) is 19.4. The Balaban J connectivity index is 1.23. The van der Waals surface area contributed by atoms with Crippen molar-refractivity contribution in [3.63, 3.8) is 0 Å². The number of hydrogen-bond acceptors (Lipinski definition) is 6. The predicted molar refractivity (Wildman–Crippen MR) is 157 cm³/mol. The molecule has 0 aromatic heterocycles. The highest BCUT2D eigenvalue weighted by Gasteiger charge is 2.33. The third kappa shape index (κ3) is 5.94. The zero-order valence-electron chi connectivity index (χ0n) is 19.6. The number of halogens is 2. The summed E-state index contributed by atoms with van der Waals surface area (Å²) >= 11 is 13.3. The summed E-state index contributed by atoms with van der Waals surface area (Å²) in [7, 11) is 0. The molecule has 0 aliphatic carbocycles. The maximum Gasteiger partial charge on any atom is 0.266 e. The number of amides is 2. The van der Waals surface area contributed by atoms with Gasteiger partial charge in [0.15, 0.2) is 0 Å². The Labute approximate surface area is 237 Å². The lowest BCUT2D eigenvalue weighted by Crippen LogP contribution is -2.28. The molecule has 38 heavy (non-hydrogen) atoms. The van der Waals surface area contributed by atoms with E-state index in [0.29, 0.717) is 31.5 Å². The summed E-state index contributed by atoms with van der Waals surface area (Å²) in [6.07, 6.45) is 3.41. The minimum absolute atomic E-state index is 0.195. The number of carbonyl (C=O) groups excluding carboxylic acids is 2. The van der Waals surface area contributed by atoms with Gasteiger partial charge in [0.2, 0.25) is 0 Å². The van der Waals surface area contributed by atoms with Crippen LogP contribution in [-0.4, -0.2) is 30.3 Å². The molecule has 5 rings (SSSR count). The van der Waals surface area contributed by atoms with Crippen LogP contribution in [0.1, 0.15) is 22.3 Å². The molecular weight excluding hydrogens is 563 g/mol. The average Bonchev–Trinajstić information content (AvgIpc) is 3.32. The first kappa shape index (κ1) is 26.4. The number of rotatable bonds is 6. The minimum atomic E-state index is -0.338. The van der Waals surface area contributed by atoms with Gasteiger partial charge in [-0.1, -0.05) is 96.5 Å². The van der Waals surface area contributed by atoms with Gasteiger partial charge in [0.1, 0.15) is 20.3 Å². The quantitative estimate of drug-likeness (QED) is 0.237. The van der Waals surface area contributed by atoms with E-state index in [4.69, 9.17) is 24.4 Å². The zero-order valence-corrected chi connectivity index (χ0v) is 22.9. The van der Waals surface area contributed by atoms with Crippen LogP contribution in [-0.2, 0) is 22.7 Å². The van der Waals surface area contributed by atoms with Gasteiger partial charge in [-0.3, -0.25) is 19.4 Å². The SMILES string of the molecule is O=C1/C(=C/c2ccc(F)cc2)SC(=S)N1Cc1ccc(CN2C(=O)/C(=C/c3ccc(F)cc3)SC2=S)cc1. The molecule has 0 bridgehead atoms. The van der Waals surface area contributed by atoms with Crippen molar-refractivity contribution in [2.24, 2.45) is 0 Å². The van der Waals surface area contributed by atoms with E-state index in [0.717, 1.165) is 22.3 Å². The summed E-state index contributed by atoms with van der Waals surface area (Å²) in [5.41, 5.74) is 3.21. The molecule has 10 heteroatoms. The Morgan fingerprint density at radius 3 is 1.29 bits per heavy atom. The predicted octanol–water partition coefficient (Wildman–Crippen LogP) is 6.77. The van der Waals surface area contributed by atoms with Crippen LogP contribution in [0.3, 0.4) is 0 Å². The Morgan fingerprint density at radius 1 is 0.605 bits per heavy atom. The van der Waals surface area contributed by atoms with Crippen molar-refractivity contribution in [3.05, 3.63) is 116 Å². The summed E-state index contributed by atoms with van der Waals surface area (Å²) < 4.78 is 27.3. The third-order valence-electron chi connectivity index (χ3n) is 5.79. The molecule has 0 atom stereocenters. The molecule has 3 aromatic carbocycles. The van der Waals surface area contributed by atoms with Crippen molar-refractivity contribution in [2.45, 2.75) is 13.1 Å². The highest BCUT2D eigenvalue weighted by atomic mass is 32.2. The molecule has 0 unspecified atom stereocenters.